The van der Waals surface area contributed by atoms with Gasteiger partial charge >= 0.3 is 23.9 Å². The first-order valence-corrected chi connectivity index (χ1v) is 20.6. The summed E-state index contributed by atoms with van der Waals surface area (Å²) in [5.41, 5.74) is -0.564. The number of alkyl halides is 1. The van der Waals surface area contributed by atoms with E-state index < -0.39 is 85.8 Å². The van der Waals surface area contributed by atoms with Crippen LogP contribution in [-0.2, 0) is 40.1 Å². The van der Waals surface area contributed by atoms with E-state index in [0.717, 1.165) is 0 Å². The van der Waals surface area contributed by atoms with Gasteiger partial charge in [0.15, 0.2) is 17.2 Å². The fourth-order valence-electron chi connectivity index (χ4n) is 6.07. The van der Waals surface area contributed by atoms with E-state index in [4.69, 9.17) is 9.47 Å². The third kappa shape index (κ3) is 17.1. The third-order valence-electron chi connectivity index (χ3n) is 8.97. The number of nitrogens with zero attached hydrogens (tertiary/aromatic N) is 5. The van der Waals surface area contributed by atoms with Gasteiger partial charge in [0, 0.05) is 58.4 Å². The van der Waals surface area contributed by atoms with E-state index in [1.54, 1.807) is 13.0 Å². The van der Waals surface area contributed by atoms with Crippen LogP contribution in [0.5, 0.6) is 11.5 Å². The van der Waals surface area contributed by atoms with Crippen LogP contribution >= 0.6 is 22.6 Å². The summed E-state index contributed by atoms with van der Waals surface area (Å²) < 4.78 is 12.5. The number of aliphatic carboxylic acids is 4. The number of aromatic nitrogens is 2. The second kappa shape index (κ2) is 25.2. The number of ether oxygens (including phenoxy) is 2. The molecule has 0 fully saturated rings. The zero-order chi connectivity index (χ0) is 45.1. The van der Waals surface area contributed by atoms with Crippen LogP contribution in [0.1, 0.15) is 36.7 Å². The lowest BCUT2D eigenvalue weighted by Gasteiger charge is -2.28. The van der Waals surface area contributed by atoms with E-state index in [1.807, 2.05) is 22.6 Å². The Morgan fingerprint density at radius 1 is 0.738 bits per heavy atom. The summed E-state index contributed by atoms with van der Waals surface area (Å²) in [6, 6.07) is 1.81. The average molecular weight is 976 g/mol. The number of carbonyl (C=O) groups is 8. The topological polar surface area (TPSA) is 329 Å². The van der Waals surface area contributed by atoms with Crippen molar-refractivity contribution in [3.63, 3.8) is 0 Å². The number of nitrogens with one attached hydrogen (secondary N) is 4. The second-order valence-electron chi connectivity index (χ2n) is 13.6. The number of rotatable bonds is 29. The average Bonchev–Trinajstić information content (AvgIpc) is 3.66. The Morgan fingerprint density at radius 2 is 1.28 bits per heavy atom. The summed E-state index contributed by atoms with van der Waals surface area (Å²) in [7, 11) is 0. The SMILES string of the molecule is CCn1nc(C(=O)NCCNC(=O)CN(CCN(CCN(CC(=O)O)CC(=O)N[C@@H](CCCCNC(=O)CI)C(=O)O)CC(=O)O)CC(=O)O)c(=O)c2cc3c(cc21)OCO3. The minimum Gasteiger partial charge on any atom is -0.480 e. The predicted molar refractivity (Wildman–Crippen MR) is 221 cm³/mol. The molecule has 1 aliphatic heterocycles. The van der Waals surface area contributed by atoms with Gasteiger partial charge in [-0.15, -0.1) is 0 Å². The number of halogens is 1. The van der Waals surface area contributed by atoms with E-state index in [2.05, 4.69) is 26.4 Å². The van der Waals surface area contributed by atoms with E-state index in [1.165, 1.54) is 25.4 Å². The number of amides is 4. The van der Waals surface area contributed by atoms with Gasteiger partial charge in [-0.05, 0) is 32.3 Å². The van der Waals surface area contributed by atoms with Crippen LogP contribution in [0.4, 0.5) is 0 Å². The summed E-state index contributed by atoms with van der Waals surface area (Å²) in [6.45, 7) is -1.05. The molecular formula is C36H50IN9O15. The van der Waals surface area contributed by atoms with Crippen LogP contribution in [0.25, 0.3) is 10.9 Å². The fraction of sp³-hybridized carbons (Fsp3) is 0.556. The molecule has 1 aliphatic rings. The molecule has 2 aromatic rings. The third-order valence-corrected chi connectivity index (χ3v) is 9.66. The minimum atomic E-state index is -1.31. The molecule has 0 bridgehead atoms. The van der Waals surface area contributed by atoms with Gasteiger partial charge < -0.3 is 51.2 Å². The molecule has 0 aliphatic carbocycles. The molecule has 0 unspecified atom stereocenters. The largest absolute Gasteiger partial charge is 0.480 e. The Bertz CT molecular complexity index is 1980. The molecule has 4 amide bonds. The molecule has 0 spiro atoms. The number of hydrogen-bond donors (Lipinski definition) is 8. The number of carboxylic acids is 4. The van der Waals surface area contributed by atoms with Crippen LogP contribution in [0, 0.1) is 0 Å². The molecular weight excluding hydrogens is 925 g/mol. The van der Waals surface area contributed by atoms with Crippen molar-refractivity contribution in [1.82, 2.24) is 45.7 Å². The number of unbranched alkanes of at least 4 members (excludes halogenated alkanes) is 1. The number of aryl methyl sites for hydroxylation is 1. The summed E-state index contributed by atoms with van der Waals surface area (Å²) in [5.74, 6) is -6.73. The van der Waals surface area contributed by atoms with Gasteiger partial charge in [0.05, 0.1) is 48.1 Å². The van der Waals surface area contributed by atoms with Crippen LogP contribution < -0.4 is 36.2 Å². The highest BCUT2D eigenvalue weighted by atomic mass is 127. The molecule has 25 heteroatoms. The maximum Gasteiger partial charge on any atom is 0.326 e. The lowest BCUT2D eigenvalue weighted by molar-refractivity contribution is -0.143. The zero-order valence-corrected chi connectivity index (χ0v) is 35.5. The first kappa shape index (κ1) is 49.7. The molecule has 3 rings (SSSR count). The molecule has 24 nitrogen and oxygen atoms in total. The fourth-order valence-corrected chi connectivity index (χ4v) is 6.34. The van der Waals surface area contributed by atoms with Gasteiger partial charge in [-0.3, -0.25) is 57.7 Å². The molecule has 1 atom stereocenters. The van der Waals surface area contributed by atoms with E-state index in [-0.39, 0.29) is 73.9 Å². The summed E-state index contributed by atoms with van der Waals surface area (Å²) >= 11 is 1.90. The van der Waals surface area contributed by atoms with Crippen molar-refractivity contribution in [2.45, 2.75) is 38.8 Å². The van der Waals surface area contributed by atoms with Gasteiger partial charge in [0.1, 0.15) is 6.04 Å². The molecule has 0 radical (unpaired) electrons. The highest BCUT2D eigenvalue weighted by Crippen LogP contribution is 2.35. The maximum atomic E-state index is 13.2. The Labute approximate surface area is 362 Å². The van der Waals surface area contributed by atoms with Crippen molar-refractivity contribution >= 4 is 81.0 Å². The number of carbonyl (C=O) groups excluding carboxylic acids is 4. The minimum absolute atomic E-state index is 0.0139. The second-order valence-corrected chi connectivity index (χ2v) is 14.4. The highest BCUT2D eigenvalue weighted by molar-refractivity contribution is 14.1. The van der Waals surface area contributed by atoms with Gasteiger partial charge in [-0.1, -0.05) is 22.6 Å². The Balaban J connectivity index is 1.53. The van der Waals surface area contributed by atoms with Gasteiger partial charge in [0.2, 0.25) is 29.9 Å². The van der Waals surface area contributed by atoms with Crippen molar-refractivity contribution in [1.29, 1.82) is 0 Å². The number of benzene rings is 1. The molecule has 8 N–H and O–H groups in total. The van der Waals surface area contributed by atoms with Crippen molar-refractivity contribution in [3.8, 4) is 11.5 Å². The quantitative estimate of drug-likeness (QED) is 0.0236. The van der Waals surface area contributed by atoms with Crippen LogP contribution in [0.2, 0.25) is 0 Å². The smallest absolute Gasteiger partial charge is 0.326 e. The number of carboxylic acid groups (broad SMARTS) is 4. The molecule has 336 valence electrons. The van der Waals surface area contributed by atoms with E-state index in [9.17, 15) is 63.6 Å². The predicted octanol–water partition coefficient (Wildman–Crippen LogP) is -2.56. The maximum absolute atomic E-state index is 13.2. The Morgan fingerprint density at radius 3 is 1.85 bits per heavy atom. The van der Waals surface area contributed by atoms with E-state index in [0.29, 0.717) is 42.9 Å². The van der Waals surface area contributed by atoms with Crippen molar-refractivity contribution in [2.75, 3.05) is 89.8 Å². The molecule has 1 aromatic carbocycles. The van der Waals surface area contributed by atoms with Crippen molar-refractivity contribution in [2.24, 2.45) is 0 Å². The number of fused-ring (bicyclic) bond motifs is 2. The summed E-state index contributed by atoms with van der Waals surface area (Å²) in [4.78, 5) is 114. The van der Waals surface area contributed by atoms with Crippen LogP contribution in [0.3, 0.4) is 0 Å². The van der Waals surface area contributed by atoms with Gasteiger partial charge in [-0.25, -0.2) is 4.79 Å². The van der Waals surface area contributed by atoms with Crippen molar-refractivity contribution < 1.29 is 68.3 Å². The van der Waals surface area contributed by atoms with Crippen molar-refractivity contribution in [3.05, 3.63) is 28.0 Å². The molecule has 0 saturated carbocycles. The Kier molecular flexibility index (Phi) is 20.5. The zero-order valence-electron chi connectivity index (χ0n) is 33.4. The summed E-state index contributed by atoms with van der Waals surface area (Å²) in [5, 5.41) is 52.5. The Hall–Kier alpha value is -5.67. The lowest BCUT2D eigenvalue weighted by Crippen LogP contribution is -2.49. The first-order valence-electron chi connectivity index (χ1n) is 19.1. The highest BCUT2D eigenvalue weighted by Gasteiger charge is 2.25. The van der Waals surface area contributed by atoms with Crippen LogP contribution in [0.15, 0.2) is 16.9 Å². The summed E-state index contributed by atoms with van der Waals surface area (Å²) in [6.07, 6.45) is 0.880. The first-order chi connectivity index (χ1) is 29.0. The molecule has 61 heavy (non-hydrogen) atoms. The van der Waals surface area contributed by atoms with E-state index >= 15 is 0 Å². The molecule has 0 saturated heterocycles. The lowest BCUT2D eigenvalue weighted by atomic mass is 10.1. The number of hydrogen-bond acceptors (Lipinski definition) is 15. The molecule has 1 aromatic heterocycles. The normalized spacial score (nSPS) is 12.3. The monoisotopic (exact) mass is 975 g/mol. The van der Waals surface area contributed by atoms with Gasteiger partial charge in [0.25, 0.3) is 5.91 Å². The van der Waals surface area contributed by atoms with Crippen LogP contribution in [-0.4, -0.2) is 188 Å². The van der Waals surface area contributed by atoms with Gasteiger partial charge in [-0.2, -0.15) is 5.10 Å². The standard InChI is InChI=1S/C36H50IN9O15/c1-2-46-24-14-26-25(60-21-61-26)13-22(24)34(56)33(42-46)35(57)40-8-7-39-28(48)16-44(19-31(52)53)11-9-43(18-30(50)51)10-12-45(20-32(54)55)17-29(49)41-23(36(58)59)5-3-4-6-38-27(47)15-37/h13-14,23H,2-12,15-21H2,1H3,(H,38,47)(H,39,48)(H,40,57)(H,41,49)(H,50,51)(H,52,53)(H,54,55)(H,58,59)/t23-/m0/s1. The molecule has 2 heterocycles.